The second-order valence-electron chi connectivity index (χ2n) is 9.95. The Morgan fingerprint density at radius 1 is 1.26 bits per heavy atom. The molecule has 0 aliphatic heterocycles. The van der Waals surface area contributed by atoms with Crippen LogP contribution in [-0.2, 0) is 11.2 Å². The molecule has 0 spiro atoms. The maximum atomic E-state index is 14.6. The highest BCUT2D eigenvalue weighted by atomic mass is 19.3. The van der Waals surface area contributed by atoms with Crippen molar-refractivity contribution in [2.75, 3.05) is 20.6 Å². The molecule has 35 heavy (non-hydrogen) atoms. The second kappa shape index (κ2) is 9.53. The van der Waals surface area contributed by atoms with Crippen LogP contribution >= 0.6 is 0 Å². The molecule has 2 heterocycles. The fourth-order valence-corrected chi connectivity index (χ4v) is 5.05. The average molecular weight is 487 g/mol. The smallest absolute Gasteiger partial charge is 0.408 e. The summed E-state index contributed by atoms with van der Waals surface area (Å²) in [7, 11) is 3.86. The number of oxazole rings is 1. The molecule has 3 aromatic rings. The predicted octanol–water partition coefficient (Wildman–Crippen LogP) is 4.02. The van der Waals surface area contributed by atoms with Gasteiger partial charge < -0.3 is 14.6 Å². The summed E-state index contributed by atoms with van der Waals surface area (Å²) in [6.07, 6.45) is 4.57. The van der Waals surface area contributed by atoms with Crippen molar-refractivity contribution in [2.24, 2.45) is 5.41 Å². The number of hydrogen-bond acceptors (Lipinski definition) is 5. The third-order valence-electron chi connectivity index (χ3n) is 7.50. The van der Waals surface area contributed by atoms with Crippen LogP contribution in [0.5, 0.6) is 0 Å². The van der Waals surface area contributed by atoms with E-state index in [0.717, 1.165) is 23.6 Å². The number of aromatic nitrogens is 2. The Labute approximate surface area is 202 Å². The predicted molar refractivity (Wildman–Crippen MR) is 130 cm³/mol. The zero-order valence-corrected chi connectivity index (χ0v) is 20.5. The van der Waals surface area contributed by atoms with Crippen molar-refractivity contribution in [3.63, 3.8) is 0 Å². The Hall–Kier alpha value is -3.07. The normalized spacial score (nSPS) is 16.9. The first-order valence-electron chi connectivity index (χ1n) is 11.8. The number of rotatable bonds is 10. The lowest BCUT2D eigenvalue weighted by Gasteiger charge is -2.32. The van der Waals surface area contributed by atoms with Crippen molar-refractivity contribution < 1.29 is 18.0 Å². The minimum Gasteiger partial charge on any atom is -0.408 e. The van der Waals surface area contributed by atoms with Gasteiger partial charge in [0.1, 0.15) is 0 Å². The van der Waals surface area contributed by atoms with Crippen LogP contribution in [0.15, 0.2) is 45.9 Å². The summed E-state index contributed by atoms with van der Waals surface area (Å²) < 4.78 is 34.4. The number of amides is 1. The highest BCUT2D eigenvalue weighted by Crippen LogP contribution is 2.65. The first kappa shape index (κ1) is 25.0. The maximum absolute atomic E-state index is 14.6. The quantitative estimate of drug-likeness (QED) is 0.452. The van der Waals surface area contributed by atoms with Crippen molar-refractivity contribution in [1.29, 1.82) is 0 Å². The standard InChI is InChI=1S/C26H32F2N4O3/c1-16-18(5-6-21-23(16)35-24(34)31-21)13-19(32(3)4)15-30-22(33)14-20(17-7-11-29-12-8-17)26(9-10-26)25(2,27)28/h5-8,11-12,19-20H,9-10,13-15H2,1-4H3,(H,30,33)(H,31,34)/t19-,20-/m0/s1. The molecule has 9 heteroatoms. The molecule has 0 unspecified atom stereocenters. The molecule has 1 aliphatic carbocycles. The number of aryl methyl sites for hydroxylation is 1. The van der Waals surface area contributed by atoms with Crippen LogP contribution in [0.25, 0.3) is 11.1 Å². The molecular weight excluding hydrogens is 454 g/mol. The number of benzene rings is 1. The zero-order chi connectivity index (χ0) is 25.4. The molecule has 0 saturated heterocycles. The minimum absolute atomic E-state index is 0.00686. The van der Waals surface area contributed by atoms with Crippen LogP contribution in [0.4, 0.5) is 8.78 Å². The van der Waals surface area contributed by atoms with Gasteiger partial charge in [-0.25, -0.2) is 13.6 Å². The Bertz CT molecular complexity index is 1240. The molecule has 2 aromatic heterocycles. The number of aromatic amines is 1. The van der Waals surface area contributed by atoms with Crippen LogP contribution in [0.1, 0.15) is 48.8 Å². The van der Waals surface area contributed by atoms with E-state index < -0.39 is 23.0 Å². The molecule has 1 amide bonds. The molecule has 1 aliphatic rings. The maximum Gasteiger partial charge on any atom is 0.417 e. The average Bonchev–Trinajstić information content (AvgIpc) is 3.53. The molecule has 2 atom stereocenters. The largest absolute Gasteiger partial charge is 0.417 e. The van der Waals surface area contributed by atoms with Gasteiger partial charge in [0.15, 0.2) is 5.58 Å². The highest BCUT2D eigenvalue weighted by Gasteiger charge is 2.63. The monoisotopic (exact) mass is 486 g/mol. The van der Waals surface area contributed by atoms with E-state index in [0.29, 0.717) is 36.9 Å². The summed E-state index contributed by atoms with van der Waals surface area (Å²) in [5.74, 6) is -4.20. The fraction of sp³-hybridized carbons (Fsp3) is 0.500. The number of carbonyl (C=O) groups is 1. The summed E-state index contributed by atoms with van der Waals surface area (Å²) in [6.45, 7) is 3.22. The molecule has 1 fully saturated rings. The number of likely N-dealkylation sites (N-methyl/N-ethyl adjacent to an activating group) is 1. The van der Waals surface area contributed by atoms with E-state index in [-0.39, 0.29) is 18.4 Å². The topological polar surface area (TPSA) is 91.2 Å². The van der Waals surface area contributed by atoms with Gasteiger partial charge in [-0.1, -0.05) is 6.07 Å². The van der Waals surface area contributed by atoms with Crippen LogP contribution in [-0.4, -0.2) is 53.4 Å². The number of nitrogens with one attached hydrogen (secondary N) is 2. The number of alkyl halides is 2. The van der Waals surface area contributed by atoms with Crippen molar-refractivity contribution >= 4 is 17.0 Å². The van der Waals surface area contributed by atoms with Gasteiger partial charge in [0.2, 0.25) is 5.91 Å². The third-order valence-corrected chi connectivity index (χ3v) is 7.50. The van der Waals surface area contributed by atoms with Crippen LogP contribution in [0, 0.1) is 12.3 Å². The summed E-state index contributed by atoms with van der Waals surface area (Å²) in [4.78, 5) is 33.2. The van der Waals surface area contributed by atoms with E-state index in [9.17, 15) is 18.4 Å². The Morgan fingerprint density at radius 2 is 1.94 bits per heavy atom. The number of fused-ring (bicyclic) bond motifs is 1. The Morgan fingerprint density at radius 3 is 2.54 bits per heavy atom. The molecule has 1 saturated carbocycles. The van der Waals surface area contributed by atoms with Gasteiger partial charge in [0.05, 0.1) is 5.52 Å². The van der Waals surface area contributed by atoms with Crippen LogP contribution in [0.3, 0.4) is 0 Å². The first-order chi connectivity index (χ1) is 16.5. The Kier molecular flexibility index (Phi) is 6.81. The van der Waals surface area contributed by atoms with E-state index in [4.69, 9.17) is 4.42 Å². The molecular formula is C26H32F2N4O3. The molecule has 1 aromatic carbocycles. The lowest BCUT2D eigenvalue weighted by atomic mass is 9.77. The van der Waals surface area contributed by atoms with E-state index in [1.807, 2.05) is 38.1 Å². The molecule has 4 rings (SSSR count). The first-order valence-corrected chi connectivity index (χ1v) is 11.8. The summed E-state index contributed by atoms with van der Waals surface area (Å²) in [6, 6.07) is 7.17. The lowest BCUT2D eigenvalue weighted by Crippen LogP contribution is -2.43. The lowest BCUT2D eigenvalue weighted by molar-refractivity contribution is -0.123. The molecule has 7 nitrogen and oxygen atoms in total. The van der Waals surface area contributed by atoms with Crippen molar-refractivity contribution in [2.45, 2.75) is 57.4 Å². The van der Waals surface area contributed by atoms with E-state index in [2.05, 4.69) is 15.3 Å². The molecule has 0 radical (unpaired) electrons. The van der Waals surface area contributed by atoms with E-state index in [1.165, 1.54) is 0 Å². The minimum atomic E-state index is -2.88. The number of hydrogen-bond donors (Lipinski definition) is 2. The Balaban J connectivity index is 1.46. The van der Waals surface area contributed by atoms with Gasteiger partial charge in [-0.3, -0.25) is 14.8 Å². The van der Waals surface area contributed by atoms with Gasteiger partial charge in [-0.2, -0.15) is 0 Å². The van der Waals surface area contributed by atoms with Gasteiger partial charge in [0.25, 0.3) is 5.92 Å². The van der Waals surface area contributed by atoms with Crippen molar-refractivity contribution in [1.82, 2.24) is 20.2 Å². The third kappa shape index (κ3) is 5.15. The highest BCUT2D eigenvalue weighted by molar-refractivity contribution is 5.78. The van der Waals surface area contributed by atoms with Crippen molar-refractivity contribution in [3.8, 4) is 0 Å². The van der Waals surface area contributed by atoms with Gasteiger partial charge in [0, 0.05) is 42.7 Å². The van der Waals surface area contributed by atoms with Gasteiger partial charge in [-0.05, 0) is 82.1 Å². The fourth-order valence-electron chi connectivity index (χ4n) is 5.05. The number of carbonyl (C=O) groups excluding carboxylic acids is 1. The molecule has 2 N–H and O–H groups in total. The number of H-pyrrole nitrogens is 1. The zero-order valence-electron chi connectivity index (χ0n) is 20.5. The van der Waals surface area contributed by atoms with Gasteiger partial charge in [-0.15, -0.1) is 0 Å². The van der Waals surface area contributed by atoms with Crippen LogP contribution in [0.2, 0.25) is 0 Å². The van der Waals surface area contributed by atoms with Crippen molar-refractivity contribution in [3.05, 3.63) is 63.9 Å². The van der Waals surface area contributed by atoms with Crippen LogP contribution < -0.4 is 11.1 Å². The summed E-state index contributed by atoms with van der Waals surface area (Å²) >= 11 is 0. The number of nitrogens with zero attached hydrogens (tertiary/aromatic N) is 2. The second-order valence-corrected chi connectivity index (χ2v) is 9.95. The van der Waals surface area contributed by atoms with Gasteiger partial charge >= 0.3 is 5.76 Å². The number of halogens is 2. The molecule has 188 valence electrons. The summed E-state index contributed by atoms with van der Waals surface area (Å²) in [5.41, 5.74) is 2.58. The van der Waals surface area contributed by atoms with E-state index in [1.54, 1.807) is 24.5 Å². The molecule has 0 bridgehead atoms. The SMILES string of the molecule is Cc1c(C[C@@H](CNC(=O)C[C@@H](c2ccncc2)C2(C(C)(F)F)CC2)N(C)C)ccc2[nH]c(=O)oc12. The van der Waals surface area contributed by atoms with E-state index >= 15 is 0 Å². The number of pyridine rings is 1. The summed E-state index contributed by atoms with van der Waals surface area (Å²) in [5, 5.41) is 2.98.